The molecule has 2 saturated heterocycles. The second-order valence-corrected chi connectivity index (χ2v) is 7.82. The summed E-state index contributed by atoms with van der Waals surface area (Å²) in [4.78, 5) is 37.5. The Morgan fingerprint density at radius 3 is 2.46 bits per heavy atom. The molecule has 2 fully saturated rings. The molecule has 142 valence electrons. The Balaban J connectivity index is 0.00000243. The number of nitrogens with one attached hydrogen (secondary N) is 1. The number of halogens is 1. The average molecular weight is 380 g/mol. The van der Waals surface area contributed by atoms with E-state index in [0.717, 1.165) is 12.0 Å². The Kier molecular flexibility index (Phi) is 6.09. The van der Waals surface area contributed by atoms with Gasteiger partial charge in [0, 0.05) is 31.1 Å². The highest BCUT2D eigenvalue weighted by molar-refractivity contribution is 6.03. The zero-order valence-electron chi connectivity index (χ0n) is 15.2. The van der Waals surface area contributed by atoms with Crippen LogP contribution in [-0.2, 0) is 16.0 Å². The minimum atomic E-state index is -0.307. The zero-order chi connectivity index (χ0) is 18.2. The van der Waals surface area contributed by atoms with Crippen LogP contribution in [0.25, 0.3) is 0 Å². The summed E-state index contributed by atoms with van der Waals surface area (Å²) < 4.78 is 0. The number of piperidine rings is 1. The number of hydrogen-bond acceptors (Lipinski definition) is 4. The van der Waals surface area contributed by atoms with E-state index >= 15 is 0 Å². The van der Waals surface area contributed by atoms with Gasteiger partial charge in [-0.1, -0.05) is 26.0 Å². The third-order valence-corrected chi connectivity index (χ3v) is 5.35. The predicted molar refractivity (Wildman–Crippen MR) is 101 cm³/mol. The van der Waals surface area contributed by atoms with E-state index < -0.39 is 0 Å². The monoisotopic (exact) mass is 379 g/mol. The first-order valence-electron chi connectivity index (χ1n) is 8.74. The second kappa shape index (κ2) is 7.76. The highest BCUT2D eigenvalue weighted by Crippen LogP contribution is 2.28. The molecular weight excluding hydrogens is 354 g/mol. The van der Waals surface area contributed by atoms with E-state index in [1.807, 2.05) is 17.0 Å². The van der Waals surface area contributed by atoms with Crippen molar-refractivity contribution in [3.05, 3.63) is 35.4 Å². The van der Waals surface area contributed by atoms with Gasteiger partial charge in [-0.3, -0.25) is 19.7 Å². The minimum absolute atomic E-state index is 0. The van der Waals surface area contributed by atoms with Crippen molar-refractivity contribution in [2.75, 3.05) is 13.1 Å². The van der Waals surface area contributed by atoms with Gasteiger partial charge in [0.15, 0.2) is 0 Å². The van der Waals surface area contributed by atoms with E-state index in [2.05, 4.69) is 19.2 Å². The molecule has 6 nitrogen and oxygen atoms in total. The van der Waals surface area contributed by atoms with Crippen LogP contribution < -0.4 is 11.1 Å². The van der Waals surface area contributed by atoms with Crippen LogP contribution in [0.5, 0.6) is 0 Å². The maximum Gasteiger partial charge on any atom is 0.253 e. The number of carbonyl (C=O) groups is 3. The molecule has 26 heavy (non-hydrogen) atoms. The quantitative estimate of drug-likeness (QED) is 0.778. The van der Waals surface area contributed by atoms with E-state index in [1.165, 1.54) is 0 Å². The molecule has 0 saturated carbocycles. The van der Waals surface area contributed by atoms with Crippen molar-refractivity contribution in [1.82, 2.24) is 10.2 Å². The summed E-state index contributed by atoms with van der Waals surface area (Å²) in [5.74, 6) is -0.719. The predicted octanol–water partition coefficient (Wildman–Crippen LogP) is 1.51. The Morgan fingerprint density at radius 1 is 1.27 bits per heavy atom. The fourth-order valence-corrected chi connectivity index (χ4v) is 3.57. The van der Waals surface area contributed by atoms with Crippen LogP contribution in [0.15, 0.2) is 24.3 Å². The molecule has 0 radical (unpaired) electrons. The lowest BCUT2D eigenvalue weighted by atomic mass is 9.79. The number of imide groups is 1. The second-order valence-electron chi connectivity index (χ2n) is 7.82. The molecule has 1 aromatic carbocycles. The topological polar surface area (TPSA) is 92.5 Å². The fourth-order valence-electron chi connectivity index (χ4n) is 3.57. The van der Waals surface area contributed by atoms with Gasteiger partial charge < -0.3 is 10.6 Å². The maximum absolute atomic E-state index is 12.7. The molecule has 3 amide bonds. The molecular formula is C19H26ClN3O3. The van der Waals surface area contributed by atoms with Gasteiger partial charge in [0.25, 0.3) is 5.91 Å². The molecule has 0 bridgehead atoms. The van der Waals surface area contributed by atoms with Crippen molar-refractivity contribution >= 4 is 30.1 Å². The summed E-state index contributed by atoms with van der Waals surface area (Å²) in [5.41, 5.74) is 7.64. The first kappa shape index (κ1) is 20.4. The van der Waals surface area contributed by atoms with E-state index in [-0.39, 0.29) is 53.9 Å². The van der Waals surface area contributed by atoms with Crippen molar-refractivity contribution in [2.24, 2.45) is 17.1 Å². The largest absolute Gasteiger partial charge is 0.338 e. The summed E-state index contributed by atoms with van der Waals surface area (Å²) in [5, 5.41) is 2.32. The third kappa shape index (κ3) is 4.24. The first-order chi connectivity index (χ1) is 11.8. The Hall–Kier alpha value is -1.92. The molecule has 1 aromatic rings. The first-order valence-corrected chi connectivity index (χ1v) is 8.74. The van der Waals surface area contributed by atoms with E-state index in [0.29, 0.717) is 25.1 Å². The standard InChI is InChI=1S/C19H25N3O3.ClH/c1-19(2)11-22(8-7-15(19)20)18(25)13-5-3-12(4-6-13)9-14-10-16(23)21-17(14)24;/h3-6,14-15H,7-11,20H2,1-2H3,(H,21,23,24);1H. The van der Waals surface area contributed by atoms with Crippen LogP contribution in [0.1, 0.15) is 42.6 Å². The van der Waals surface area contributed by atoms with E-state index in [9.17, 15) is 14.4 Å². The van der Waals surface area contributed by atoms with Crippen molar-refractivity contribution in [2.45, 2.75) is 39.2 Å². The van der Waals surface area contributed by atoms with E-state index in [1.54, 1.807) is 12.1 Å². The highest BCUT2D eigenvalue weighted by atomic mass is 35.5. The summed E-state index contributed by atoms with van der Waals surface area (Å²) in [6, 6.07) is 7.44. The number of likely N-dealkylation sites (tertiary alicyclic amines) is 1. The number of rotatable bonds is 3. The molecule has 2 unspecified atom stereocenters. The summed E-state index contributed by atoms with van der Waals surface area (Å²) in [7, 11) is 0. The number of amides is 3. The fraction of sp³-hybridized carbons (Fsp3) is 0.526. The number of hydrogen-bond donors (Lipinski definition) is 2. The Morgan fingerprint density at radius 2 is 1.92 bits per heavy atom. The average Bonchev–Trinajstić information content (AvgIpc) is 2.87. The number of nitrogens with zero attached hydrogens (tertiary/aromatic N) is 1. The molecule has 2 atom stereocenters. The molecule has 0 aromatic heterocycles. The molecule has 2 heterocycles. The number of carbonyl (C=O) groups excluding carboxylic acids is 3. The van der Waals surface area contributed by atoms with Gasteiger partial charge in [0.1, 0.15) is 0 Å². The van der Waals surface area contributed by atoms with Gasteiger partial charge >= 0.3 is 0 Å². The van der Waals surface area contributed by atoms with Gasteiger partial charge in [0.05, 0.1) is 5.92 Å². The van der Waals surface area contributed by atoms with Gasteiger partial charge in [-0.2, -0.15) is 0 Å². The number of nitrogens with two attached hydrogens (primary N) is 1. The SMILES string of the molecule is CC1(C)CN(C(=O)c2ccc(CC3CC(=O)NC3=O)cc2)CCC1N.Cl. The molecule has 0 spiro atoms. The minimum Gasteiger partial charge on any atom is -0.338 e. The van der Waals surface area contributed by atoms with Gasteiger partial charge in [0.2, 0.25) is 11.8 Å². The van der Waals surface area contributed by atoms with E-state index in [4.69, 9.17) is 5.73 Å². The van der Waals surface area contributed by atoms with Crippen LogP contribution in [0.2, 0.25) is 0 Å². The summed E-state index contributed by atoms with van der Waals surface area (Å²) >= 11 is 0. The lowest BCUT2D eigenvalue weighted by Crippen LogP contribution is -2.53. The lowest BCUT2D eigenvalue weighted by molar-refractivity contribution is -0.125. The van der Waals surface area contributed by atoms with Gasteiger partial charge in [-0.05, 0) is 36.0 Å². The van der Waals surface area contributed by atoms with Crippen LogP contribution in [0.3, 0.4) is 0 Å². The van der Waals surface area contributed by atoms with Gasteiger partial charge in [-0.25, -0.2) is 0 Å². The smallest absolute Gasteiger partial charge is 0.253 e. The van der Waals surface area contributed by atoms with Crippen LogP contribution in [0, 0.1) is 11.3 Å². The zero-order valence-corrected chi connectivity index (χ0v) is 16.0. The van der Waals surface area contributed by atoms with Crippen molar-refractivity contribution < 1.29 is 14.4 Å². The lowest BCUT2D eigenvalue weighted by Gasteiger charge is -2.42. The summed E-state index contributed by atoms with van der Waals surface area (Å²) in [6.45, 7) is 5.51. The molecule has 3 N–H and O–H groups in total. The summed E-state index contributed by atoms with van der Waals surface area (Å²) in [6.07, 6.45) is 1.56. The normalized spacial score (nSPS) is 24.8. The molecule has 2 aliphatic rings. The van der Waals surface area contributed by atoms with Gasteiger partial charge in [-0.15, -0.1) is 12.4 Å². The third-order valence-electron chi connectivity index (χ3n) is 5.35. The molecule has 3 rings (SSSR count). The van der Waals surface area contributed by atoms with Crippen LogP contribution >= 0.6 is 12.4 Å². The Labute approximate surface area is 159 Å². The highest BCUT2D eigenvalue weighted by Gasteiger charge is 2.35. The molecule has 7 heteroatoms. The maximum atomic E-state index is 12.7. The Bertz CT molecular complexity index is 702. The van der Waals surface area contributed by atoms with Crippen molar-refractivity contribution in [3.8, 4) is 0 Å². The number of benzene rings is 1. The molecule has 2 aliphatic heterocycles. The molecule has 0 aliphatic carbocycles. The van der Waals surface area contributed by atoms with Crippen molar-refractivity contribution in [1.29, 1.82) is 0 Å². The van der Waals surface area contributed by atoms with Crippen molar-refractivity contribution in [3.63, 3.8) is 0 Å². The van der Waals surface area contributed by atoms with Crippen LogP contribution in [-0.4, -0.2) is 41.8 Å². The van der Waals surface area contributed by atoms with Crippen LogP contribution in [0.4, 0.5) is 0 Å².